The van der Waals surface area contributed by atoms with Crippen LogP contribution in [0.4, 0.5) is 4.39 Å². The highest BCUT2D eigenvalue weighted by Gasteiger charge is 2.44. The largest absolute Gasteiger partial charge is 0.380 e. The molecule has 1 saturated heterocycles. The average Bonchev–Trinajstić information content (AvgIpc) is 2.27. The summed E-state index contributed by atoms with van der Waals surface area (Å²) in [7, 11) is 1.90. The summed E-state index contributed by atoms with van der Waals surface area (Å²) in [4.78, 5) is 0. The number of aryl methyl sites for hydroxylation is 1. The van der Waals surface area contributed by atoms with Crippen molar-refractivity contribution in [1.29, 1.82) is 0 Å². The SMILES string of the molecule is CNC(c1ccc(F)c(C)c1)C1(CN)COC1. The lowest BCUT2D eigenvalue weighted by Crippen LogP contribution is -2.55. The highest BCUT2D eigenvalue weighted by Crippen LogP contribution is 2.39. The third kappa shape index (κ3) is 2.08. The van der Waals surface area contributed by atoms with Crippen molar-refractivity contribution in [2.45, 2.75) is 13.0 Å². The molecule has 0 bridgehead atoms. The molecular weight excluding hydrogens is 219 g/mol. The van der Waals surface area contributed by atoms with Crippen molar-refractivity contribution in [3.8, 4) is 0 Å². The second kappa shape index (κ2) is 4.72. The maximum absolute atomic E-state index is 13.3. The number of halogens is 1. The minimum Gasteiger partial charge on any atom is -0.380 e. The molecule has 1 heterocycles. The van der Waals surface area contributed by atoms with Crippen LogP contribution in [0.2, 0.25) is 0 Å². The Kier molecular flexibility index (Phi) is 3.47. The summed E-state index contributed by atoms with van der Waals surface area (Å²) in [5.41, 5.74) is 7.53. The minimum atomic E-state index is -0.171. The quantitative estimate of drug-likeness (QED) is 0.833. The predicted molar refractivity (Wildman–Crippen MR) is 65.2 cm³/mol. The highest BCUT2D eigenvalue weighted by atomic mass is 19.1. The van der Waals surface area contributed by atoms with Gasteiger partial charge in [-0.05, 0) is 31.2 Å². The summed E-state index contributed by atoms with van der Waals surface area (Å²) >= 11 is 0. The van der Waals surface area contributed by atoms with Crippen LogP contribution in [0.1, 0.15) is 17.2 Å². The van der Waals surface area contributed by atoms with E-state index in [4.69, 9.17) is 10.5 Å². The second-order valence-electron chi connectivity index (χ2n) is 4.79. The van der Waals surface area contributed by atoms with Gasteiger partial charge in [-0.1, -0.05) is 12.1 Å². The molecule has 0 saturated carbocycles. The van der Waals surface area contributed by atoms with Gasteiger partial charge in [0, 0.05) is 18.0 Å². The van der Waals surface area contributed by atoms with E-state index in [0.717, 1.165) is 5.56 Å². The van der Waals surface area contributed by atoms with Gasteiger partial charge in [0.25, 0.3) is 0 Å². The van der Waals surface area contributed by atoms with E-state index in [1.54, 1.807) is 6.92 Å². The first-order valence-corrected chi connectivity index (χ1v) is 5.84. The van der Waals surface area contributed by atoms with Gasteiger partial charge < -0.3 is 15.8 Å². The number of benzene rings is 1. The second-order valence-corrected chi connectivity index (χ2v) is 4.79. The van der Waals surface area contributed by atoms with Crippen LogP contribution in [-0.2, 0) is 4.74 Å². The molecule has 0 spiro atoms. The molecule has 17 heavy (non-hydrogen) atoms. The summed E-state index contributed by atoms with van der Waals surface area (Å²) in [5, 5.41) is 3.28. The first-order chi connectivity index (χ1) is 8.13. The third-order valence-electron chi connectivity index (χ3n) is 3.60. The van der Waals surface area contributed by atoms with Crippen molar-refractivity contribution in [2.75, 3.05) is 26.8 Å². The van der Waals surface area contributed by atoms with E-state index >= 15 is 0 Å². The first kappa shape index (κ1) is 12.5. The fourth-order valence-electron chi connectivity index (χ4n) is 2.44. The molecule has 3 nitrogen and oxygen atoms in total. The lowest BCUT2D eigenvalue weighted by molar-refractivity contribution is -0.126. The van der Waals surface area contributed by atoms with E-state index in [1.165, 1.54) is 6.07 Å². The Morgan fingerprint density at radius 2 is 2.24 bits per heavy atom. The van der Waals surface area contributed by atoms with Gasteiger partial charge in [0.1, 0.15) is 5.82 Å². The Labute approximate surface area is 101 Å². The maximum atomic E-state index is 13.3. The van der Waals surface area contributed by atoms with Crippen molar-refractivity contribution in [3.63, 3.8) is 0 Å². The summed E-state index contributed by atoms with van der Waals surface area (Å²) in [6.45, 7) is 3.66. The maximum Gasteiger partial charge on any atom is 0.126 e. The van der Waals surface area contributed by atoms with Crippen molar-refractivity contribution in [2.24, 2.45) is 11.1 Å². The van der Waals surface area contributed by atoms with E-state index in [1.807, 2.05) is 19.2 Å². The summed E-state index contributed by atoms with van der Waals surface area (Å²) in [6.07, 6.45) is 0. The summed E-state index contributed by atoms with van der Waals surface area (Å²) < 4.78 is 18.6. The van der Waals surface area contributed by atoms with Crippen LogP contribution in [0.25, 0.3) is 0 Å². The monoisotopic (exact) mass is 238 g/mol. The molecule has 1 aromatic rings. The molecule has 2 rings (SSSR count). The van der Waals surface area contributed by atoms with Crippen molar-refractivity contribution in [3.05, 3.63) is 35.1 Å². The molecule has 1 fully saturated rings. The Morgan fingerprint density at radius 1 is 1.53 bits per heavy atom. The molecule has 0 radical (unpaired) electrons. The fraction of sp³-hybridized carbons (Fsp3) is 0.538. The molecule has 3 N–H and O–H groups in total. The van der Waals surface area contributed by atoms with E-state index in [-0.39, 0.29) is 17.3 Å². The minimum absolute atomic E-state index is 0.0565. The van der Waals surface area contributed by atoms with E-state index < -0.39 is 0 Å². The third-order valence-corrected chi connectivity index (χ3v) is 3.60. The van der Waals surface area contributed by atoms with Crippen LogP contribution >= 0.6 is 0 Å². The smallest absolute Gasteiger partial charge is 0.126 e. The van der Waals surface area contributed by atoms with Gasteiger partial charge in [0.05, 0.1) is 13.2 Å². The standard InChI is InChI=1S/C13H19FN2O/c1-9-5-10(3-4-11(9)14)12(16-2)13(6-15)7-17-8-13/h3-5,12,16H,6-8,15H2,1-2H3. The Balaban J connectivity index is 2.31. The normalized spacial score (nSPS) is 19.8. The number of hydrogen-bond acceptors (Lipinski definition) is 3. The van der Waals surface area contributed by atoms with Crippen molar-refractivity contribution in [1.82, 2.24) is 5.32 Å². The molecule has 94 valence electrons. The number of nitrogens with two attached hydrogens (primary N) is 1. The van der Waals surface area contributed by atoms with Gasteiger partial charge in [0.15, 0.2) is 0 Å². The van der Waals surface area contributed by atoms with Crippen LogP contribution in [0.5, 0.6) is 0 Å². The zero-order valence-corrected chi connectivity index (χ0v) is 10.3. The van der Waals surface area contributed by atoms with E-state index in [9.17, 15) is 4.39 Å². The molecular formula is C13H19FN2O. The van der Waals surface area contributed by atoms with Gasteiger partial charge in [-0.25, -0.2) is 4.39 Å². The lowest BCUT2D eigenvalue weighted by atomic mass is 9.75. The van der Waals surface area contributed by atoms with Gasteiger partial charge >= 0.3 is 0 Å². The molecule has 0 amide bonds. The lowest BCUT2D eigenvalue weighted by Gasteiger charge is -2.46. The average molecular weight is 238 g/mol. The van der Waals surface area contributed by atoms with Gasteiger partial charge in [-0.15, -0.1) is 0 Å². The van der Waals surface area contributed by atoms with Gasteiger partial charge in [-0.3, -0.25) is 0 Å². The van der Waals surface area contributed by atoms with Crippen LogP contribution in [0.15, 0.2) is 18.2 Å². The number of hydrogen-bond donors (Lipinski definition) is 2. The number of rotatable bonds is 4. The summed E-state index contributed by atoms with van der Waals surface area (Å²) in [6, 6.07) is 5.32. The van der Waals surface area contributed by atoms with Crippen LogP contribution in [0.3, 0.4) is 0 Å². The summed E-state index contributed by atoms with van der Waals surface area (Å²) in [5.74, 6) is -0.171. The molecule has 1 aliphatic rings. The topological polar surface area (TPSA) is 47.3 Å². The van der Waals surface area contributed by atoms with Crippen LogP contribution < -0.4 is 11.1 Å². The Hall–Kier alpha value is -0.970. The van der Waals surface area contributed by atoms with Gasteiger partial charge in [0.2, 0.25) is 0 Å². The molecule has 1 aliphatic heterocycles. The van der Waals surface area contributed by atoms with Crippen molar-refractivity contribution >= 4 is 0 Å². The fourth-order valence-corrected chi connectivity index (χ4v) is 2.44. The zero-order chi connectivity index (χ0) is 12.5. The molecule has 1 unspecified atom stereocenters. The van der Waals surface area contributed by atoms with Crippen LogP contribution in [-0.4, -0.2) is 26.8 Å². The number of ether oxygens (including phenoxy) is 1. The predicted octanol–water partition coefficient (Wildman–Crippen LogP) is 1.37. The molecule has 1 atom stereocenters. The van der Waals surface area contributed by atoms with Gasteiger partial charge in [-0.2, -0.15) is 0 Å². The zero-order valence-electron chi connectivity index (χ0n) is 10.3. The van der Waals surface area contributed by atoms with Crippen LogP contribution in [0, 0.1) is 18.2 Å². The molecule has 0 aromatic heterocycles. The Bertz CT molecular complexity index is 399. The number of nitrogens with one attached hydrogen (secondary N) is 1. The highest BCUT2D eigenvalue weighted by molar-refractivity contribution is 5.28. The first-order valence-electron chi connectivity index (χ1n) is 5.84. The van der Waals surface area contributed by atoms with Crippen molar-refractivity contribution < 1.29 is 9.13 Å². The molecule has 4 heteroatoms. The molecule has 0 aliphatic carbocycles. The van der Waals surface area contributed by atoms with E-state index in [2.05, 4.69) is 5.32 Å². The molecule has 1 aromatic carbocycles. The van der Waals surface area contributed by atoms with E-state index in [0.29, 0.717) is 25.3 Å². The Morgan fingerprint density at radius 3 is 2.65 bits per heavy atom.